The molecule has 0 aromatic heterocycles. The summed E-state index contributed by atoms with van der Waals surface area (Å²) in [7, 11) is 0. The highest BCUT2D eigenvalue weighted by Gasteiger charge is 2.11. The fraction of sp³-hybridized carbons (Fsp3) is 0.188. The normalized spacial score (nSPS) is 9.40. The van der Waals surface area contributed by atoms with Gasteiger partial charge in [0.25, 0.3) is 5.91 Å². The summed E-state index contributed by atoms with van der Waals surface area (Å²) in [5.74, 6) is -0.384. The van der Waals surface area contributed by atoms with Crippen LogP contribution in [0.1, 0.15) is 29.8 Å². The van der Waals surface area contributed by atoms with Crippen LogP contribution in [-0.4, -0.2) is 11.0 Å². The predicted octanol–water partition coefficient (Wildman–Crippen LogP) is 4.63. The molecule has 0 spiro atoms. The van der Waals surface area contributed by atoms with E-state index < -0.39 is 0 Å². The number of aryl methyl sites for hydroxylation is 1. The first kappa shape index (κ1) is 16.1. The van der Waals surface area contributed by atoms with Crippen molar-refractivity contribution in [1.29, 1.82) is 0 Å². The first-order chi connectivity index (χ1) is 9.56. The number of hydrogen-bond donors (Lipinski definition) is 2. The standard InChI is InChI=1S/C14H12ClNO2.C2H6/c1-9-2-7-13(17)12(8-9)14(18)16-11-5-3-10(15)4-6-11;1-2/h2-8,17H,1H3,(H,16,18);1-2H3. The topological polar surface area (TPSA) is 49.3 Å². The minimum atomic E-state index is -0.349. The molecular formula is C16H18ClNO2. The van der Waals surface area contributed by atoms with Crippen LogP contribution in [0.15, 0.2) is 42.5 Å². The number of carbonyl (C=O) groups is 1. The Morgan fingerprint density at radius 1 is 1.10 bits per heavy atom. The number of rotatable bonds is 2. The van der Waals surface area contributed by atoms with Crippen molar-refractivity contribution in [2.45, 2.75) is 20.8 Å². The average molecular weight is 292 g/mol. The molecule has 0 aliphatic rings. The molecule has 106 valence electrons. The highest BCUT2D eigenvalue weighted by Crippen LogP contribution is 2.20. The summed E-state index contributed by atoms with van der Waals surface area (Å²) in [6, 6.07) is 11.7. The summed E-state index contributed by atoms with van der Waals surface area (Å²) >= 11 is 5.76. The molecule has 0 heterocycles. The zero-order valence-electron chi connectivity index (χ0n) is 11.8. The van der Waals surface area contributed by atoms with Crippen molar-refractivity contribution < 1.29 is 9.90 Å². The van der Waals surface area contributed by atoms with E-state index in [0.29, 0.717) is 10.7 Å². The smallest absolute Gasteiger partial charge is 0.259 e. The molecule has 2 rings (SSSR count). The lowest BCUT2D eigenvalue weighted by Gasteiger charge is -2.07. The van der Waals surface area contributed by atoms with Crippen LogP contribution in [0, 0.1) is 6.92 Å². The molecule has 1 amide bonds. The number of halogens is 1. The van der Waals surface area contributed by atoms with E-state index in [0.717, 1.165) is 5.56 Å². The number of aromatic hydroxyl groups is 1. The van der Waals surface area contributed by atoms with E-state index in [9.17, 15) is 9.90 Å². The van der Waals surface area contributed by atoms with Crippen molar-refractivity contribution in [3.63, 3.8) is 0 Å². The molecule has 20 heavy (non-hydrogen) atoms. The Hall–Kier alpha value is -2.00. The Kier molecular flexibility index (Phi) is 6.07. The van der Waals surface area contributed by atoms with Gasteiger partial charge in [-0.3, -0.25) is 4.79 Å². The molecule has 0 unspecified atom stereocenters. The van der Waals surface area contributed by atoms with Gasteiger partial charge in [-0.15, -0.1) is 0 Å². The number of carbonyl (C=O) groups excluding carboxylic acids is 1. The average Bonchev–Trinajstić information content (AvgIpc) is 2.46. The number of anilines is 1. The predicted molar refractivity (Wildman–Crippen MR) is 83.6 cm³/mol. The Bertz CT molecular complexity index is 580. The van der Waals surface area contributed by atoms with E-state index in [-0.39, 0.29) is 17.2 Å². The van der Waals surface area contributed by atoms with Crippen molar-refractivity contribution in [2.24, 2.45) is 0 Å². The summed E-state index contributed by atoms with van der Waals surface area (Å²) in [6.07, 6.45) is 0. The summed E-state index contributed by atoms with van der Waals surface area (Å²) < 4.78 is 0. The molecule has 0 bridgehead atoms. The van der Waals surface area contributed by atoms with Crippen LogP contribution in [-0.2, 0) is 0 Å². The molecule has 4 heteroatoms. The molecule has 0 atom stereocenters. The molecule has 0 radical (unpaired) electrons. The van der Waals surface area contributed by atoms with Crippen LogP contribution in [0.3, 0.4) is 0 Å². The fourth-order valence-corrected chi connectivity index (χ4v) is 1.69. The summed E-state index contributed by atoms with van der Waals surface area (Å²) in [5, 5.41) is 12.9. The summed E-state index contributed by atoms with van der Waals surface area (Å²) in [4.78, 5) is 12.0. The number of amides is 1. The lowest BCUT2D eigenvalue weighted by Crippen LogP contribution is -2.12. The zero-order chi connectivity index (χ0) is 15.1. The van der Waals surface area contributed by atoms with Gasteiger partial charge in [0.05, 0.1) is 5.56 Å². The first-order valence-electron chi connectivity index (χ1n) is 6.43. The molecule has 2 aromatic carbocycles. The summed E-state index contributed by atoms with van der Waals surface area (Å²) in [5.41, 5.74) is 1.80. The van der Waals surface area contributed by atoms with Crippen molar-refractivity contribution in [3.05, 3.63) is 58.6 Å². The van der Waals surface area contributed by atoms with Crippen LogP contribution in [0.4, 0.5) is 5.69 Å². The third-order valence-corrected chi connectivity index (χ3v) is 2.75. The van der Waals surface area contributed by atoms with Crippen molar-refractivity contribution in [2.75, 3.05) is 5.32 Å². The largest absolute Gasteiger partial charge is 0.507 e. The van der Waals surface area contributed by atoms with Gasteiger partial charge in [0.1, 0.15) is 5.75 Å². The Morgan fingerprint density at radius 2 is 1.70 bits per heavy atom. The van der Waals surface area contributed by atoms with Gasteiger partial charge in [0, 0.05) is 10.7 Å². The molecule has 3 nitrogen and oxygen atoms in total. The quantitative estimate of drug-likeness (QED) is 0.847. The van der Waals surface area contributed by atoms with Gasteiger partial charge in [-0.2, -0.15) is 0 Å². The van der Waals surface area contributed by atoms with Gasteiger partial charge in [-0.05, 0) is 43.3 Å². The number of hydrogen-bond acceptors (Lipinski definition) is 2. The van der Waals surface area contributed by atoms with Crippen LogP contribution in [0.2, 0.25) is 5.02 Å². The molecule has 2 aromatic rings. The second-order valence-corrected chi connectivity index (χ2v) is 4.42. The maximum atomic E-state index is 12.0. The van der Waals surface area contributed by atoms with E-state index in [1.165, 1.54) is 6.07 Å². The van der Waals surface area contributed by atoms with Crippen LogP contribution < -0.4 is 5.32 Å². The van der Waals surface area contributed by atoms with Crippen molar-refractivity contribution in [3.8, 4) is 5.75 Å². The highest BCUT2D eigenvalue weighted by atomic mass is 35.5. The van der Waals surface area contributed by atoms with Crippen molar-refractivity contribution >= 4 is 23.2 Å². The van der Waals surface area contributed by atoms with Gasteiger partial charge in [-0.1, -0.05) is 37.1 Å². The molecule has 0 saturated heterocycles. The molecule has 2 N–H and O–H groups in total. The highest BCUT2D eigenvalue weighted by molar-refractivity contribution is 6.30. The van der Waals surface area contributed by atoms with Gasteiger partial charge < -0.3 is 10.4 Å². The minimum Gasteiger partial charge on any atom is -0.507 e. The second-order valence-electron chi connectivity index (χ2n) is 3.98. The Morgan fingerprint density at radius 3 is 2.30 bits per heavy atom. The zero-order valence-corrected chi connectivity index (χ0v) is 12.5. The second kappa shape index (κ2) is 7.56. The van der Waals surface area contributed by atoms with E-state index in [4.69, 9.17) is 11.6 Å². The van der Waals surface area contributed by atoms with Gasteiger partial charge in [0.2, 0.25) is 0 Å². The third kappa shape index (κ3) is 4.28. The van der Waals surface area contributed by atoms with E-state index >= 15 is 0 Å². The Labute approximate surface area is 124 Å². The van der Waals surface area contributed by atoms with Gasteiger partial charge in [0.15, 0.2) is 0 Å². The van der Waals surface area contributed by atoms with Gasteiger partial charge >= 0.3 is 0 Å². The fourth-order valence-electron chi connectivity index (χ4n) is 1.56. The van der Waals surface area contributed by atoms with Crippen LogP contribution in [0.25, 0.3) is 0 Å². The number of phenols is 1. The maximum Gasteiger partial charge on any atom is 0.259 e. The first-order valence-corrected chi connectivity index (χ1v) is 6.80. The van der Waals surface area contributed by atoms with E-state index in [2.05, 4.69) is 5.32 Å². The lowest BCUT2D eigenvalue weighted by atomic mass is 10.1. The number of nitrogens with one attached hydrogen (secondary N) is 1. The molecular weight excluding hydrogens is 274 g/mol. The Balaban J connectivity index is 0.000000956. The van der Waals surface area contributed by atoms with Crippen LogP contribution in [0.5, 0.6) is 5.75 Å². The molecule has 0 fully saturated rings. The minimum absolute atomic E-state index is 0.0351. The summed E-state index contributed by atoms with van der Waals surface area (Å²) in [6.45, 7) is 5.86. The van der Waals surface area contributed by atoms with Crippen LogP contribution >= 0.6 is 11.6 Å². The monoisotopic (exact) mass is 291 g/mol. The molecule has 0 saturated carbocycles. The van der Waals surface area contributed by atoms with Gasteiger partial charge in [-0.25, -0.2) is 0 Å². The van der Waals surface area contributed by atoms with E-state index in [1.54, 1.807) is 36.4 Å². The van der Waals surface area contributed by atoms with Crippen molar-refractivity contribution in [1.82, 2.24) is 0 Å². The number of benzene rings is 2. The molecule has 0 aliphatic heterocycles. The number of phenolic OH excluding ortho intramolecular Hbond substituents is 1. The third-order valence-electron chi connectivity index (χ3n) is 2.50. The van der Waals surface area contributed by atoms with E-state index in [1.807, 2.05) is 20.8 Å². The molecule has 0 aliphatic carbocycles. The maximum absolute atomic E-state index is 12.0. The lowest BCUT2D eigenvalue weighted by molar-refractivity contribution is 0.102. The SMILES string of the molecule is CC.Cc1ccc(O)c(C(=O)Nc2ccc(Cl)cc2)c1.